The van der Waals surface area contributed by atoms with E-state index in [0.29, 0.717) is 23.1 Å². The van der Waals surface area contributed by atoms with E-state index in [1.165, 1.54) is 19.3 Å². The van der Waals surface area contributed by atoms with Crippen molar-refractivity contribution in [3.05, 3.63) is 22.8 Å². The second-order valence-electron chi connectivity index (χ2n) is 5.30. The Morgan fingerprint density at radius 1 is 1.40 bits per heavy atom. The lowest BCUT2D eigenvalue weighted by Gasteiger charge is -2.09. The molecule has 1 fully saturated rings. The summed E-state index contributed by atoms with van der Waals surface area (Å²) in [4.78, 5) is 16.3. The normalized spacial score (nSPS) is 14.1. The van der Waals surface area contributed by atoms with Crippen LogP contribution in [0.5, 0.6) is 0 Å². The van der Waals surface area contributed by atoms with Crippen molar-refractivity contribution >= 4 is 23.3 Å². The summed E-state index contributed by atoms with van der Waals surface area (Å²) in [6.45, 7) is 3.60. The molecular weight excluding hydrogens is 274 g/mol. The summed E-state index contributed by atoms with van der Waals surface area (Å²) >= 11 is 6.05. The van der Waals surface area contributed by atoms with E-state index in [9.17, 15) is 4.79 Å². The van der Waals surface area contributed by atoms with Crippen LogP contribution in [0.25, 0.3) is 0 Å². The number of pyridine rings is 1. The number of aromatic nitrogens is 1. The van der Waals surface area contributed by atoms with Gasteiger partial charge < -0.3 is 10.6 Å². The van der Waals surface area contributed by atoms with Gasteiger partial charge in [-0.25, -0.2) is 4.98 Å². The van der Waals surface area contributed by atoms with E-state index in [-0.39, 0.29) is 5.91 Å². The van der Waals surface area contributed by atoms with Gasteiger partial charge >= 0.3 is 0 Å². The lowest BCUT2D eigenvalue weighted by atomic mass is 10.2. The molecule has 110 valence electrons. The van der Waals surface area contributed by atoms with Crippen molar-refractivity contribution in [3.8, 4) is 0 Å². The van der Waals surface area contributed by atoms with Gasteiger partial charge in [0.2, 0.25) is 0 Å². The molecule has 1 aromatic rings. The Labute approximate surface area is 125 Å². The van der Waals surface area contributed by atoms with Gasteiger partial charge in [-0.15, -0.1) is 0 Å². The second kappa shape index (κ2) is 7.48. The molecule has 0 aromatic carbocycles. The molecular formula is C15H22ClN3O. The SMILES string of the molecule is CCCNc1ccc(Cl)c(C(=O)NCCCC2CC2)n1. The average molecular weight is 296 g/mol. The van der Waals surface area contributed by atoms with Gasteiger partial charge in [-0.1, -0.05) is 31.4 Å². The third kappa shape index (κ3) is 4.67. The zero-order valence-electron chi connectivity index (χ0n) is 11.9. The number of nitrogens with one attached hydrogen (secondary N) is 2. The Morgan fingerprint density at radius 3 is 2.90 bits per heavy atom. The second-order valence-corrected chi connectivity index (χ2v) is 5.70. The van der Waals surface area contributed by atoms with Crippen LogP contribution in [0.15, 0.2) is 12.1 Å². The molecule has 2 rings (SSSR count). The Hall–Kier alpha value is -1.29. The van der Waals surface area contributed by atoms with Crippen LogP contribution < -0.4 is 10.6 Å². The third-order valence-corrected chi connectivity index (χ3v) is 3.69. The quantitative estimate of drug-likeness (QED) is 0.722. The number of hydrogen-bond donors (Lipinski definition) is 2. The molecule has 4 nitrogen and oxygen atoms in total. The number of carbonyl (C=O) groups excluding carboxylic acids is 1. The van der Waals surface area contributed by atoms with Gasteiger partial charge in [-0.2, -0.15) is 0 Å². The Bertz CT molecular complexity index is 460. The number of carbonyl (C=O) groups is 1. The van der Waals surface area contributed by atoms with Crippen LogP contribution in [0.2, 0.25) is 5.02 Å². The molecule has 1 aliphatic rings. The highest BCUT2D eigenvalue weighted by Crippen LogP contribution is 2.33. The Kier molecular flexibility index (Phi) is 5.65. The summed E-state index contributed by atoms with van der Waals surface area (Å²) in [5.41, 5.74) is 0.305. The summed E-state index contributed by atoms with van der Waals surface area (Å²) in [5.74, 6) is 1.40. The fourth-order valence-electron chi connectivity index (χ4n) is 2.04. The maximum atomic E-state index is 12.1. The number of halogens is 1. The first-order valence-corrected chi connectivity index (χ1v) is 7.77. The van der Waals surface area contributed by atoms with Crippen molar-refractivity contribution in [3.63, 3.8) is 0 Å². The van der Waals surface area contributed by atoms with Crippen molar-refractivity contribution in [2.45, 2.75) is 39.0 Å². The molecule has 0 aliphatic heterocycles. The van der Waals surface area contributed by atoms with Crippen LogP contribution in [0, 0.1) is 5.92 Å². The molecule has 20 heavy (non-hydrogen) atoms. The van der Waals surface area contributed by atoms with Crippen LogP contribution in [0.4, 0.5) is 5.82 Å². The Morgan fingerprint density at radius 2 is 2.20 bits per heavy atom. The molecule has 5 heteroatoms. The molecule has 1 amide bonds. The maximum Gasteiger partial charge on any atom is 0.271 e. The van der Waals surface area contributed by atoms with Crippen molar-refractivity contribution in [2.75, 3.05) is 18.4 Å². The number of hydrogen-bond acceptors (Lipinski definition) is 3. The van der Waals surface area contributed by atoms with E-state index in [1.807, 2.05) is 0 Å². The molecule has 1 saturated carbocycles. The average Bonchev–Trinajstić information content (AvgIpc) is 3.26. The zero-order chi connectivity index (χ0) is 14.4. The van der Waals surface area contributed by atoms with Gasteiger partial charge in [-0.05, 0) is 37.3 Å². The maximum absolute atomic E-state index is 12.1. The van der Waals surface area contributed by atoms with Crippen LogP contribution in [-0.2, 0) is 0 Å². The van der Waals surface area contributed by atoms with E-state index < -0.39 is 0 Å². The highest BCUT2D eigenvalue weighted by atomic mass is 35.5. The van der Waals surface area contributed by atoms with Crippen LogP contribution in [-0.4, -0.2) is 24.0 Å². The lowest BCUT2D eigenvalue weighted by Crippen LogP contribution is -2.26. The van der Waals surface area contributed by atoms with E-state index in [4.69, 9.17) is 11.6 Å². The molecule has 0 bridgehead atoms. The van der Waals surface area contributed by atoms with Crippen molar-refractivity contribution < 1.29 is 4.79 Å². The number of nitrogens with zero attached hydrogens (tertiary/aromatic N) is 1. The summed E-state index contributed by atoms with van der Waals surface area (Å²) in [6, 6.07) is 3.51. The standard InChI is InChI=1S/C15H22ClN3O/c1-2-9-17-13-8-7-12(16)14(19-13)15(20)18-10-3-4-11-5-6-11/h7-8,11H,2-6,9-10H2,1H3,(H,17,19)(H,18,20). The van der Waals surface area contributed by atoms with Gasteiger partial charge in [0.1, 0.15) is 11.5 Å². The number of amides is 1. The monoisotopic (exact) mass is 295 g/mol. The molecule has 0 radical (unpaired) electrons. The molecule has 0 atom stereocenters. The van der Waals surface area contributed by atoms with E-state index in [1.54, 1.807) is 12.1 Å². The fraction of sp³-hybridized carbons (Fsp3) is 0.600. The third-order valence-electron chi connectivity index (χ3n) is 3.39. The molecule has 1 heterocycles. The van der Waals surface area contributed by atoms with Crippen molar-refractivity contribution in [1.82, 2.24) is 10.3 Å². The first-order chi connectivity index (χ1) is 9.70. The molecule has 2 N–H and O–H groups in total. The molecule has 1 aliphatic carbocycles. The van der Waals surface area contributed by atoms with Crippen molar-refractivity contribution in [2.24, 2.45) is 5.92 Å². The van der Waals surface area contributed by atoms with Gasteiger partial charge in [-0.3, -0.25) is 4.79 Å². The van der Waals surface area contributed by atoms with E-state index >= 15 is 0 Å². The van der Waals surface area contributed by atoms with E-state index in [2.05, 4.69) is 22.5 Å². The molecule has 0 unspecified atom stereocenters. The smallest absolute Gasteiger partial charge is 0.271 e. The number of rotatable bonds is 8. The summed E-state index contributed by atoms with van der Waals surface area (Å²) in [7, 11) is 0. The first-order valence-electron chi connectivity index (χ1n) is 7.39. The molecule has 0 spiro atoms. The summed E-state index contributed by atoms with van der Waals surface area (Å²) in [6.07, 6.45) is 5.95. The highest BCUT2D eigenvalue weighted by Gasteiger charge is 2.20. The largest absolute Gasteiger partial charge is 0.370 e. The topological polar surface area (TPSA) is 54.0 Å². The van der Waals surface area contributed by atoms with Gasteiger partial charge in [0.05, 0.1) is 5.02 Å². The van der Waals surface area contributed by atoms with Gasteiger partial charge in [0.15, 0.2) is 0 Å². The Balaban J connectivity index is 1.85. The predicted octanol–water partition coefficient (Wildman–Crippen LogP) is 3.48. The highest BCUT2D eigenvalue weighted by molar-refractivity contribution is 6.33. The zero-order valence-corrected chi connectivity index (χ0v) is 12.7. The van der Waals surface area contributed by atoms with Crippen molar-refractivity contribution in [1.29, 1.82) is 0 Å². The number of anilines is 1. The van der Waals surface area contributed by atoms with E-state index in [0.717, 1.165) is 25.3 Å². The minimum atomic E-state index is -0.189. The van der Waals surface area contributed by atoms with Crippen LogP contribution in [0.3, 0.4) is 0 Å². The summed E-state index contributed by atoms with van der Waals surface area (Å²) < 4.78 is 0. The minimum absolute atomic E-state index is 0.189. The minimum Gasteiger partial charge on any atom is -0.370 e. The summed E-state index contributed by atoms with van der Waals surface area (Å²) in [5, 5.41) is 6.45. The molecule has 1 aromatic heterocycles. The predicted molar refractivity (Wildman–Crippen MR) is 82.3 cm³/mol. The van der Waals surface area contributed by atoms with Gasteiger partial charge in [0, 0.05) is 13.1 Å². The molecule has 0 saturated heterocycles. The van der Waals surface area contributed by atoms with Crippen LogP contribution >= 0.6 is 11.6 Å². The van der Waals surface area contributed by atoms with Gasteiger partial charge in [0.25, 0.3) is 5.91 Å². The first kappa shape index (κ1) is 15.1. The van der Waals surface area contributed by atoms with Crippen LogP contribution in [0.1, 0.15) is 49.5 Å². The fourth-order valence-corrected chi connectivity index (χ4v) is 2.23. The lowest BCUT2D eigenvalue weighted by molar-refractivity contribution is 0.0948.